The van der Waals surface area contributed by atoms with E-state index in [-0.39, 0.29) is 6.42 Å². The van der Waals surface area contributed by atoms with Crippen LogP contribution in [0.15, 0.2) is 0 Å². The van der Waals surface area contributed by atoms with Crippen molar-refractivity contribution in [1.82, 2.24) is 0 Å². The zero-order valence-corrected chi connectivity index (χ0v) is 11.2. The van der Waals surface area contributed by atoms with Gasteiger partial charge in [0, 0.05) is 0 Å². The summed E-state index contributed by atoms with van der Waals surface area (Å²) in [5.41, 5.74) is 0. The molecule has 0 N–H and O–H groups in total. The quantitative estimate of drug-likeness (QED) is 0.369. The molecule has 0 heterocycles. The van der Waals surface area contributed by atoms with Gasteiger partial charge in [0.15, 0.2) is 12.9 Å². The van der Waals surface area contributed by atoms with Crippen LogP contribution in [0, 0.1) is 30.7 Å². The lowest BCUT2D eigenvalue weighted by Crippen LogP contribution is -2.73. The van der Waals surface area contributed by atoms with E-state index < -0.39 is 43.1 Å². The molecule has 12 nitrogen and oxygen atoms in total. The molecule has 0 amide bonds. The Kier molecular flexibility index (Phi) is 6.57. The molecule has 0 rings (SSSR count). The van der Waals surface area contributed by atoms with Crippen LogP contribution >= 0.6 is 0 Å². The maximum absolute atomic E-state index is 10.3. The van der Waals surface area contributed by atoms with Crippen LogP contribution < -0.4 is 41.9 Å². The molecule has 19 heavy (non-hydrogen) atoms. The van der Waals surface area contributed by atoms with Crippen LogP contribution in [0.4, 0.5) is 0 Å². The van der Waals surface area contributed by atoms with Gasteiger partial charge in [-0.1, -0.05) is 6.92 Å². The largest absolute Gasteiger partial charge is 0.702 e. The summed E-state index contributed by atoms with van der Waals surface area (Å²) in [7, 11) is -16.4. The lowest BCUT2D eigenvalue weighted by atomic mass is 10.3. The molecular formula is C4H7Cl3O12. The summed E-state index contributed by atoms with van der Waals surface area (Å²) < 4.78 is 103. The van der Waals surface area contributed by atoms with Gasteiger partial charge >= 0.3 is 5.97 Å². The van der Waals surface area contributed by atoms with E-state index in [0.717, 1.165) is 0 Å². The third-order valence-electron chi connectivity index (χ3n) is 1.19. The summed E-state index contributed by atoms with van der Waals surface area (Å²) in [6, 6.07) is 0. The van der Waals surface area contributed by atoms with Gasteiger partial charge in [0.1, 0.15) is 0 Å². The maximum atomic E-state index is 10.3. The van der Waals surface area contributed by atoms with Crippen LogP contribution in [0.1, 0.15) is 19.8 Å². The predicted octanol–water partition coefficient (Wildman–Crippen LogP) is -9.82. The maximum Gasteiger partial charge on any atom is 0.702 e. The highest BCUT2D eigenvalue weighted by Crippen LogP contribution is 2.29. The molecule has 0 fully saturated rings. The van der Waals surface area contributed by atoms with Crippen molar-refractivity contribution in [2.45, 2.75) is 25.7 Å². The van der Waals surface area contributed by atoms with Gasteiger partial charge in [0.25, 0.3) is 0 Å². The summed E-state index contributed by atoms with van der Waals surface area (Å²) in [5.74, 6) is -3.73. The van der Waals surface area contributed by atoms with Gasteiger partial charge in [-0.2, -0.15) is 41.9 Å². The van der Waals surface area contributed by atoms with Crippen LogP contribution in [-0.2, 0) is 12.9 Å². The topological polar surface area (TPSA) is 235 Å². The monoisotopic (exact) mass is 352 g/mol. The van der Waals surface area contributed by atoms with Gasteiger partial charge in [-0.3, -0.25) is 0 Å². The fraction of sp³-hybridized carbons (Fsp3) is 1.00. The highest BCUT2D eigenvalue weighted by molar-refractivity contribution is 4.47. The van der Waals surface area contributed by atoms with Crippen LogP contribution in [0.25, 0.3) is 0 Å². The smallest absolute Gasteiger partial charge is 0.183 e. The van der Waals surface area contributed by atoms with E-state index in [2.05, 4.69) is 12.9 Å². The summed E-state index contributed by atoms with van der Waals surface area (Å²) in [4.78, 5) is 0. The average Bonchev–Trinajstić information content (AvgIpc) is 1.90. The first-order chi connectivity index (χ1) is 8.18. The first kappa shape index (κ1) is 19.4. The van der Waals surface area contributed by atoms with Gasteiger partial charge in [0.2, 0.25) is 0 Å². The van der Waals surface area contributed by atoms with E-state index >= 15 is 0 Å². The van der Waals surface area contributed by atoms with Crippen molar-refractivity contribution < 1.29 is 85.5 Å². The molecule has 0 aromatic rings. The molecule has 0 saturated heterocycles. The number of halogens is 3. The van der Waals surface area contributed by atoms with E-state index in [1.165, 1.54) is 6.92 Å². The summed E-state index contributed by atoms with van der Waals surface area (Å²) in [6.07, 6.45) is -1.34. The second-order valence-corrected chi connectivity index (χ2v) is 5.53. The van der Waals surface area contributed by atoms with Crippen molar-refractivity contribution in [3.8, 4) is 0 Å². The van der Waals surface area contributed by atoms with Crippen molar-refractivity contribution in [2.75, 3.05) is 0 Å². The van der Waals surface area contributed by atoms with Gasteiger partial charge in [-0.15, -0.1) is 0 Å². The van der Waals surface area contributed by atoms with Gasteiger partial charge in [0.05, 0.1) is 37.2 Å². The molecule has 0 aliphatic carbocycles. The zero-order chi connectivity index (χ0) is 15.5. The fourth-order valence-electron chi connectivity index (χ4n) is 0.890. The molecule has 0 aliphatic rings. The standard InChI is InChI=1S/C4H7Cl3O12/c1-2-3-4(17-5(8,9)10,18-6(11,12)13)19-7(14,15)16/h2-3H2,1H3. The Labute approximate surface area is 112 Å². The lowest BCUT2D eigenvalue weighted by molar-refractivity contribution is -1.95. The van der Waals surface area contributed by atoms with Crippen molar-refractivity contribution in [1.29, 1.82) is 0 Å². The third-order valence-corrected chi connectivity index (χ3v) is 2.46. The van der Waals surface area contributed by atoms with Crippen molar-refractivity contribution in [3.63, 3.8) is 0 Å². The van der Waals surface area contributed by atoms with Crippen LogP contribution in [-0.4, -0.2) is 5.97 Å². The molecule has 0 unspecified atom stereocenters. The number of hydrogen-bond donors (Lipinski definition) is 0. The third kappa shape index (κ3) is 9.85. The van der Waals surface area contributed by atoms with Crippen LogP contribution in [0.3, 0.4) is 0 Å². The van der Waals surface area contributed by atoms with Crippen LogP contribution in [0.2, 0.25) is 0 Å². The summed E-state index contributed by atoms with van der Waals surface area (Å²) in [5, 5.41) is 0. The molecule has 0 aromatic heterocycles. The summed E-state index contributed by atoms with van der Waals surface area (Å²) >= 11 is 0. The first-order valence-electron chi connectivity index (χ1n) is 4.02. The minimum Gasteiger partial charge on any atom is -0.183 e. The predicted molar refractivity (Wildman–Crippen MR) is 20.9 cm³/mol. The van der Waals surface area contributed by atoms with E-state index in [9.17, 15) is 41.9 Å². The van der Waals surface area contributed by atoms with Gasteiger partial charge < -0.3 is 0 Å². The Balaban J connectivity index is 5.34. The Morgan fingerprint density at radius 2 is 0.947 bits per heavy atom. The van der Waals surface area contributed by atoms with Gasteiger partial charge in [-0.25, -0.2) is 0 Å². The molecule has 0 saturated carbocycles. The Bertz CT molecular complexity index is 235. The molecule has 0 radical (unpaired) electrons. The molecule has 116 valence electrons. The lowest BCUT2D eigenvalue weighted by Gasteiger charge is -2.24. The van der Waals surface area contributed by atoms with E-state index in [1.54, 1.807) is 0 Å². The normalized spacial score (nSPS) is 14.8. The summed E-state index contributed by atoms with van der Waals surface area (Å²) in [6.45, 7) is 1.21. The zero-order valence-electron chi connectivity index (χ0n) is 8.95. The number of rotatable bonds is 8. The second-order valence-electron chi connectivity index (χ2n) is 2.80. The van der Waals surface area contributed by atoms with E-state index in [4.69, 9.17) is 0 Å². The molecule has 15 heteroatoms. The van der Waals surface area contributed by atoms with Crippen molar-refractivity contribution >= 4 is 0 Å². The molecule has 0 aromatic carbocycles. The fourth-order valence-corrected chi connectivity index (χ4v) is 2.27. The van der Waals surface area contributed by atoms with E-state index in [0.29, 0.717) is 0 Å². The highest BCUT2D eigenvalue weighted by Gasteiger charge is 2.72. The van der Waals surface area contributed by atoms with Crippen LogP contribution in [0.5, 0.6) is 0 Å². The Morgan fingerprint density at radius 3 is 1.11 bits per heavy atom. The Morgan fingerprint density at radius 1 is 0.684 bits per heavy atom. The minimum atomic E-state index is -5.47. The molecule has 0 aliphatic heterocycles. The van der Waals surface area contributed by atoms with Gasteiger partial charge in [-0.05, 0) is 6.42 Å². The van der Waals surface area contributed by atoms with Crippen molar-refractivity contribution in [2.24, 2.45) is 0 Å². The molecular weight excluding hydrogens is 346 g/mol. The van der Waals surface area contributed by atoms with Crippen molar-refractivity contribution in [3.05, 3.63) is 0 Å². The Hall–Kier alpha value is 0.390. The average molecular weight is 353 g/mol. The van der Waals surface area contributed by atoms with E-state index in [1.807, 2.05) is 0 Å². The molecule has 0 spiro atoms. The highest BCUT2D eigenvalue weighted by atomic mass is 35.7. The SMILES string of the molecule is CCCC(O[Cl+3]([O-])([O-])[O-])(O[Cl+3]([O-])([O-])[O-])O[Cl+3]([O-])([O-])[O-]. The first-order valence-corrected chi connectivity index (χ1v) is 7.73. The molecule has 0 bridgehead atoms. The minimum absolute atomic E-state index is 0.291. The number of hydrogen-bond acceptors (Lipinski definition) is 12. The second kappa shape index (κ2) is 6.44. The molecule has 0 atom stereocenters.